The molecule has 12 heteroatoms. The van der Waals surface area contributed by atoms with Gasteiger partial charge in [0, 0.05) is 35.8 Å². The smallest absolute Gasteiger partial charge is 0.340 e. The lowest BCUT2D eigenvalue weighted by atomic mass is 9.64. The summed E-state index contributed by atoms with van der Waals surface area (Å²) in [6.07, 6.45) is 0.427. The zero-order valence-electron chi connectivity index (χ0n) is 20.4. The minimum Gasteiger partial charge on any atom is -0.511 e. The monoisotopic (exact) mass is 536 g/mol. The maximum Gasteiger partial charge on any atom is 0.340 e. The molecular weight excluding hydrogens is 516 g/mol. The Morgan fingerprint density at radius 1 is 0.974 bits per heavy atom. The van der Waals surface area contributed by atoms with Crippen LogP contribution in [0.4, 0.5) is 0 Å². The quantitative estimate of drug-likeness (QED) is 0.161. The number of ether oxygens (including phenoxy) is 1. The number of hydrogen-bond donors (Lipinski definition) is 6. The standard InChI is InChI=1S/C27H20O12/c1-9(28)3-18(33)27-7-12-23(34)20-17(6-15(32)24(35)21(20)26(36)37)39-25(12)19(10(2)29)22(27)11-4-13(30)14(31)5-16(11)38-8-27/h3-6,30-33,35H,7-8H2,1-2H3,(H,36,37)/t27-/m0/s1. The van der Waals surface area contributed by atoms with Gasteiger partial charge in [0.15, 0.2) is 40.0 Å². The lowest BCUT2D eigenvalue weighted by Crippen LogP contribution is -2.43. The number of allylic oxidation sites excluding steroid dienone is 2. The van der Waals surface area contributed by atoms with Crippen LogP contribution in [0.2, 0.25) is 0 Å². The molecule has 3 aromatic rings. The number of rotatable bonds is 4. The number of hydrogen-bond acceptors (Lipinski definition) is 11. The number of aromatic carboxylic acids is 1. The van der Waals surface area contributed by atoms with Gasteiger partial charge in [-0.2, -0.15) is 0 Å². The first kappa shape index (κ1) is 25.4. The van der Waals surface area contributed by atoms with Gasteiger partial charge >= 0.3 is 5.97 Å². The molecule has 0 saturated heterocycles. The van der Waals surface area contributed by atoms with E-state index in [1.54, 1.807) is 0 Å². The van der Waals surface area contributed by atoms with Crippen LogP contribution in [0.1, 0.15) is 41.1 Å². The van der Waals surface area contributed by atoms with Crippen LogP contribution in [0, 0.1) is 5.41 Å². The Morgan fingerprint density at radius 2 is 1.64 bits per heavy atom. The molecule has 2 heterocycles. The molecule has 39 heavy (non-hydrogen) atoms. The van der Waals surface area contributed by atoms with Crippen molar-refractivity contribution in [1.82, 2.24) is 0 Å². The van der Waals surface area contributed by atoms with Crippen LogP contribution < -0.4 is 10.2 Å². The van der Waals surface area contributed by atoms with E-state index < -0.39 is 86.7 Å². The number of ketones is 2. The Hall–Kier alpha value is -5.26. The number of aliphatic hydroxyl groups is 1. The third-order valence-corrected chi connectivity index (χ3v) is 6.88. The molecule has 12 nitrogen and oxygen atoms in total. The van der Waals surface area contributed by atoms with Gasteiger partial charge in [-0.05, 0) is 25.5 Å². The zero-order chi connectivity index (χ0) is 28.5. The van der Waals surface area contributed by atoms with E-state index in [0.717, 1.165) is 38.1 Å². The topological polar surface area (TPSA) is 212 Å². The Labute approximate surface area is 217 Å². The molecule has 1 atom stereocenters. The Kier molecular flexibility index (Phi) is 5.46. The average molecular weight is 536 g/mol. The largest absolute Gasteiger partial charge is 0.511 e. The minimum atomic E-state index is -1.76. The van der Waals surface area contributed by atoms with E-state index in [9.17, 15) is 49.8 Å². The summed E-state index contributed by atoms with van der Waals surface area (Å²) in [7, 11) is 0. The summed E-state index contributed by atoms with van der Waals surface area (Å²) in [6, 6.07) is 3.02. The molecule has 1 aliphatic heterocycles. The fraction of sp³-hybridized carbons (Fsp3) is 0.185. The highest BCUT2D eigenvalue weighted by Crippen LogP contribution is 2.57. The summed E-state index contributed by atoms with van der Waals surface area (Å²) >= 11 is 0. The molecule has 6 N–H and O–H groups in total. The summed E-state index contributed by atoms with van der Waals surface area (Å²) in [6.45, 7) is 1.87. The number of carbonyl (C=O) groups is 3. The van der Waals surface area contributed by atoms with Crippen molar-refractivity contribution in [2.45, 2.75) is 20.3 Å². The molecule has 0 unspecified atom stereocenters. The maximum absolute atomic E-state index is 13.8. The van der Waals surface area contributed by atoms with Crippen molar-refractivity contribution >= 4 is 39.7 Å². The predicted molar refractivity (Wildman–Crippen MR) is 133 cm³/mol. The summed E-state index contributed by atoms with van der Waals surface area (Å²) < 4.78 is 11.6. The van der Waals surface area contributed by atoms with Gasteiger partial charge in [0.2, 0.25) is 0 Å². The maximum atomic E-state index is 13.8. The number of fused-ring (bicyclic) bond motifs is 5. The first-order valence-electron chi connectivity index (χ1n) is 11.4. The second kappa shape index (κ2) is 8.38. The van der Waals surface area contributed by atoms with E-state index in [4.69, 9.17) is 9.15 Å². The normalized spacial score (nSPS) is 18.2. The molecule has 2 aromatic carbocycles. The SMILES string of the molecule is CC(=O)C=C(O)[C@]12COc3cc(O)c(O)cc3C1=C(C(C)=O)c1oc3cc(O)c(O)c(C(=O)O)c3c(=O)c1C2. The summed E-state index contributed by atoms with van der Waals surface area (Å²) in [4.78, 5) is 50.9. The third-order valence-electron chi connectivity index (χ3n) is 6.88. The van der Waals surface area contributed by atoms with E-state index in [2.05, 4.69) is 0 Å². The Balaban J connectivity index is 2.01. The lowest BCUT2D eigenvalue weighted by Gasteiger charge is -2.43. The third kappa shape index (κ3) is 3.52. The molecule has 5 rings (SSSR count). The number of benzene rings is 2. The van der Waals surface area contributed by atoms with E-state index in [1.807, 2.05) is 0 Å². The van der Waals surface area contributed by atoms with Crippen molar-refractivity contribution in [2.24, 2.45) is 5.41 Å². The van der Waals surface area contributed by atoms with Crippen LogP contribution in [0.5, 0.6) is 28.7 Å². The molecule has 2 aliphatic rings. The van der Waals surface area contributed by atoms with Crippen molar-refractivity contribution < 1.29 is 54.2 Å². The number of carboxylic acid groups (broad SMARTS) is 1. The number of aliphatic hydroxyl groups excluding tert-OH is 1. The van der Waals surface area contributed by atoms with Gasteiger partial charge in [-0.15, -0.1) is 0 Å². The number of aromatic hydroxyl groups is 4. The van der Waals surface area contributed by atoms with Crippen LogP contribution in [0.15, 0.2) is 39.2 Å². The molecule has 0 amide bonds. The molecule has 0 saturated carbocycles. The Morgan fingerprint density at radius 3 is 2.26 bits per heavy atom. The molecule has 0 bridgehead atoms. The molecule has 200 valence electrons. The van der Waals surface area contributed by atoms with Gasteiger partial charge in [-0.25, -0.2) is 4.79 Å². The minimum absolute atomic E-state index is 0.0209. The van der Waals surface area contributed by atoms with Gasteiger partial charge < -0.3 is 39.8 Å². The number of phenolic OH excluding ortho intramolecular Hbond substituents is 3. The molecule has 1 aromatic heterocycles. The number of carbonyl (C=O) groups excluding carboxylic acids is 2. The van der Waals surface area contributed by atoms with Gasteiger partial charge in [-0.1, -0.05) is 0 Å². The lowest BCUT2D eigenvalue weighted by molar-refractivity contribution is -0.113. The summed E-state index contributed by atoms with van der Waals surface area (Å²) in [5.41, 5.74) is -4.53. The van der Waals surface area contributed by atoms with E-state index in [0.29, 0.717) is 0 Å². The van der Waals surface area contributed by atoms with Gasteiger partial charge in [0.25, 0.3) is 0 Å². The second-order valence-corrected chi connectivity index (χ2v) is 9.37. The summed E-state index contributed by atoms with van der Waals surface area (Å²) in [5, 5.41) is 60.9. The van der Waals surface area contributed by atoms with E-state index in [-0.39, 0.29) is 33.8 Å². The fourth-order valence-electron chi connectivity index (χ4n) is 5.23. The van der Waals surface area contributed by atoms with Crippen LogP contribution in [-0.4, -0.2) is 54.8 Å². The number of phenols is 4. The first-order chi connectivity index (χ1) is 18.3. The molecule has 0 radical (unpaired) electrons. The highest BCUT2D eigenvalue weighted by molar-refractivity contribution is 6.28. The molecule has 0 spiro atoms. The predicted octanol–water partition coefficient (Wildman–Crippen LogP) is 2.78. The zero-order valence-corrected chi connectivity index (χ0v) is 20.4. The van der Waals surface area contributed by atoms with Crippen LogP contribution in [0.3, 0.4) is 0 Å². The van der Waals surface area contributed by atoms with Crippen molar-refractivity contribution in [3.8, 4) is 28.7 Å². The van der Waals surface area contributed by atoms with Crippen molar-refractivity contribution in [1.29, 1.82) is 0 Å². The number of Topliss-reactive ketones (excluding diaryl/α,β-unsaturated/α-hetero) is 1. The molecule has 1 aliphatic carbocycles. The van der Waals surface area contributed by atoms with E-state index >= 15 is 0 Å². The van der Waals surface area contributed by atoms with Crippen LogP contribution >= 0.6 is 0 Å². The fourth-order valence-corrected chi connectivity index (χ4v) is 5.23. The highest BCUT2D eigenvalue weighted by Gasteiger charge is 2.52. The van der Waals surface area contributed by atoms with E-state index in [1.165, 1.54) is 0 Å². The molecule has 0 fully saturated rings. The van der Waals surface area contributed by atoms with Gasteiger partial charge in [-0.3, -0.25) is 14.4 Å². The highest BCUT2D eigenvalue weighted by atomic mass is 16.5. The van der Waals surface area contributed by atoms with Crippen molar-refractivity contribution in [3.63, 3.8) is 0 Å². The van der Waals surface area contributed by atoms with Gasteiger partial charge in [0.05, 0.1) is 16.4 Å². The van der Waals surface area contributed by atoms with Crippen LogP contribution in [0.25, 0.3) is 22.1 Å². The first-order valence-corrected chi connectivity index (χ1v) is 11.4. The average Bonchev–Trinajstić information content (AvgIpc) is 2.84. The Bertz CT molecular complexity index is 1790. The van der Waals surface area contributed by atoms with Crippen molar-refractivity contribution in [3.05, 3.63) is 62.7 Å². The van der Waals surface area contributed by atoms with Crippen molar-refractivity contribution in [2.75, 3.05) is 6.61 Å². The summed E-state index contributed by atoms with van der Waals surface area (Å²) in [5.74, 6) is -6.92. The second-order valence-electron chi connectivity index (χ2n) is 9.37. The number of carboxylic acids is 1. The molecular formula is C27H20O12. The van der Waals surface area contributed by atoms with Gasteiger partial charge in [0.1, 0.15) is 35.0 Å². The van der Waals surface area contributed by atoms with Crippen LogP contribution in [-0.2, 0) is 16.0 Å².